The number of pyridine rings is 1. The van der Waals surface area contributed by atoms with Gasteiger partial charge < -0.3 is 4.74 Å². The number of ether oxygens (including phenoxy) is 1. The van der Waals surface area contributed by atoms with Gasteiger partial charge in [-0.1, -0.05) is 60.7 Å². The van der Waals surface area contributed by atoms with E-state index in [2.05, 4.69) is 15.2 Å². The molecule has 6 heteroatoms. The Hall–Kier alpha value is -4.58. The Balaban J connectivity index is 1.54. The number of hydrogen-bond acceptors (Lipinski definition) is 5. The molecule has 0 aliphatic rings. The maximum atomic E-state index is 12.1. The summed E-state index contributed by atoms with van der Waals surface area (Å²) >= 11 is 0. The number of rotatable bonds is 6. The maximum Gasteiger partial charge on any atom is 0.227 e. The molecule has 0 fully saturated rings. The first kappa shape index (κ1) is 20.3. The monoisotopic (exact) mass is 432 g/mol. The van der Waals surface area contributed by atoms with Gasteiger partial charge in [-0.2, -0.15) is 5.10 Å². The topological polar surface area (TPSA) is 80.8 Å². The fourth-order valence-corrected chi connectivity index (χ4v) is 3.57. The fraction of sp³-hybridized carbons (Fsp3) is 0.0370. The van der Waals surface area contributed by atoms with Gasteiger partial charge in [0.2, 0.25) is 5.88 Å². The molecule has 0 amide bonds. The Morgan fingerprint density at radius 3 is 2.48 bits per heavy atom. The zero-order chi connectivity index (χ0) is 22.6. The van der Waals surface area contributed by atoms with Crippen molar-refractivity contribution in [3.05, 3.63) is 102 Å². The van der Waals surface area contributed by atoms with Crippen molar-refractivity contribution in [2.24, 2.45) is 0 Å². The zero-order valence-electron chi connectivity index (χ0n) is 17.9. The molecular weight excluding hydrogens is 412 g/mol. The summed E-state index contributed by atoms with van der Waals surface area (Å²) in [6, 6.07) is 25.1. The van der Waals surface area contributed by atoms with Crippen LogP contribution in [0.1, 0.15) is 28.4 Å². The molecule has 160 valence electrons. The van der Waals surface area contributed by atoms with Crippen LogP contribution in [0.5, 0.6) is 11.6 Å². The molecule has 1 N–H and O–H groups in total. The van der Waals surface area contributed by atoms with Crippen molar-refractivity contribution in [2.45, 2.75) is 6.92 Å². The molecule has 33 heavy (non-hydrogen) atoms. The number of aromatic amines is 1. The van der Waals surface area contributed by atoms with Gasteiger partial charge in [-0.25, -0.2) is 9.97 Å². The minimum atomic E-state index is -0.0334. The molecule has 5 aromatic rings. The highest BCUT2D eigenvalue weighted by Gasteiger charge is 2.12. The standard InChI is InChI=1S/C27H20N4O2/c1-18(32)24-9-5-6-21-16-22(27(30-25(21)24)33-23-7-3-2-4-8-23)15-12-19-10-13-20(14-11-19)26-28-17-29-31-26/h2-17H,1H3,(H,28,29,31). The number of fused-ring (bicyclic) bond motifs is 1. The Kier molecular flexibility index (Phi) is 5.47. The van der Waals surface area contributed by atoms with Crippen molar-refractivity contribution in [3.8, 4) is 23.0 Å². The number of benzene rings is 3. The van der Waals surface area contributed by atoms with E-state index in [4.69, 9.17) is 9.72 Å². The lowest BCUT2D eigenvalue weighted by molar-refractivity contribution is 0.101. The van der Waals surface area contributed by atoms with Gasteiger partial charge in [-0.15, -0.1) is 0 Å². The molecule has 0 aliphatic heterocycles. The summed E-state index contributed by atoms with van der Waals surface area (Å²) in [6.45, 7) is 1.55. The summed E-state index contributed by atoms with van der Waals surface area (Å²) in [5.74, 6) is 1.81. The van der Waals surface area contributed by atoms with E-state index in [0.717, 1.165) is 27.9 Å². The summed E-state index contributed by atoms with van der Waals surface area (Å²) in [5.41, 5.74) is 3.99. The van der Waals surface area contributed by atoms with Crippen molar-refractivity contribution in [1.29, 1.82) is 0 Å². The van der Waals surface area contributed by atoms with Gasteiger partial charge in [0, 0.05) is 22.1 Å². The average molecular weight is 432 g/mol. The van der Waals surface area contributed by atoms with Crippen LogP contribution in [-0.2, 0) is 0 Å². The predicted molar refractivity (Wildman–Crippen MR) is 129 cm³/mol. The molecule has 0 atom stereocenters. The number of nitrogens with one attached hydrogen (secondary N) is 1. The molecule has 0 unspecified atom stereocenters. The summed E-state index contributed by atoms with van der Waals surface area (Å²) in [6.07, 6.45) is 5.45. The molecule has 2 aromatic heterocycles. The Labute approximate surface area is 190 Å². The molecule has 2 heterocycles. The minimum Gasteiger partial charge on any atom is -0.438 e. The van der Waals surface area contributed by atoms with Crippen LogP contribution in [0.15, 0.2) is 85.2 Å². The lowest BCUT2D eigenvalue weighted by Gasteiger charge is -2.11. The van der Waals surface area contributed by atoms with E-state index in [1.165, 1.54) is 6.33 Å². The molecule has 3 aromatic carbocycles. The van der Waals surface area contributed by atoms with Crippen LogP contribution in [0.3, 0.4) is 0 Å². The van der Waals surface area contributed by atoms with E-state index in [0.29, 0.717) is 22.7 Å². The van der Waals surface area contributed by atoms with E-state index in [9.17, 15) is 4.79 Å². The summed E-state index contributed by atoms with van der Waals surface area (Å²) in [5, 5.41) is 7.63. The SMILES string of the molecule is CC(=O)c1cccc2cc(C=Cc3ccc(-c4ncn[nH]4)cc3)c(Oc3ccccc3)nc12. The van der Waals surface area contributed by atoms with E-state index in [1.54, 1.807) is 13.0 Å². The highest BCUT2D eigenvalue weighted by Crippen LogP contribution is 2.30. The summed E-state index contributed by atoms with van der Waals surface area (Å²) in [4.78, 5) is 21.0. The van der Waals surface area contributed by atoms with Crippen molar-refractivity contribution >= 4 is 28.8 Å². The number of ketones is 1. The van der Waals surface area contributed by atoms with Crippen molar-refractivity contribution in [1.82, 2.24) is 20.2 Å². The third-order valence-electron chi connectivity index (χ3n) is 5.23. The average Bonchev–Trinajstić information content (AvgIpc) is 3.38. The first-order valence-electron chi connectivity index (χ1n) is 10.5. The molecule has 0 saturated heterocycles. The summed E-state index contributed by atoms with van der Waals surface area (Å²) in [7, 11) is 0. The molecule has 0 aliphatic carbocycles. The fourth-order valence-electron chi connectivity index (χ4n) is 3.57. The van der Waals surface area contributed by atoms with Gasteiger partial charge in [0.15, 0.2) is 11.6 Å². The van der Waals surface area contributed by atoms with Gasteiger partial charge in [0.25, 0.3) is 0 Å². The number of H-pyrrole nitrogens is 1. The first-order valence-corrected chi connectivity index (χ1v) is 10.5. The number of aromatic nitrogens is 4. The van der Waals surface area contributed by atoms with Crippen LogP contribution in [0.4, 0.5) is 0 Å². The normalized spacial score (nSPS) is 11.2. The van der Waals surface area contributed by atoms with Crippen LogP contribution in [0.2, 0.25) is 0 Å². The number of Topliss-reactive ketones (excluding diaryl/α,β-unsaturated/α-hetero) is 1. The number of nitrogens with zero attached hydrogens (tertiary/aromatic N) is 3. The van der Waals surface area contributed by atoms with Gasteiger partial charge >= 0.3 is 0 Å². The minimum absolute atomic E-state index is 0.0334. The molecule has 0 bridgehead atoms. The second-order valence-corrected chi connectivity index (χ2v) is 7.52. The van der Waals surface area contributed by atoms with Gasteiger partial charge in [-0.3, -0.25) is 9.89 Å². The number of carbonyl (C=O) groups excluding carboxylic acids is 1. The lowest BCUT2D eigenvalue weighted by atomic mass is 10.0. The van der Waals surface area contributed by atoms with Crippen LogP contribution >= 0.6 is 0 Å². The lowest BCUT2D eigenvalue weighted by Crippen LogP contribution is -1.98. The predicted octanol–water partition coefficient (Wildman–Crippen LogP) is 6.19. The number of para-hydroxylation sites is 2. The maximum absolute atomic E-state index is 12.1. The Morgan fingerprint density at radius 1 is 0.939 bits per heavy atom. The van der Waals surface area contributed by atoms with Crippen LogP contribution in [0.25, 0.3) is 34.4 Å². The van der Waals surface area contributed by atoms with Crippen molar-refractivity contribution in [2.75, 3.05) is 0 Å². The smallest absolute Gasteiger partial charge is 0.227 e. The second kappa shape index (κ2) is 8.88. The van der Waals surface area contributed by atoms with E-state index < -0.39 is 0 Å². The third kappa shape index (κ3) is 4.41. The Morgan fingerprint density at radius 2 is 1.76 bits per heavy atom. The first-order chi connectivity index (χ1) is 16.2. The summed E-state index contributed by atoms with van der Waals surface area (Å²) < 4.78 is 6.12. The largest absolute Gasteiger partial charge is 0.438 e. The molecular formula is C27H20N4O2. The van der Waals surface area contributed by atoms with Gasteiger partial charge in [0.1, 0.15) is 12.1 Å². The van der Waals surface area contributed by atoms with Crippen LogP contribution < -0.4 is 4.74 Å². The highest BCUT2D eigenvalue weighted by atomic mass is 16.5. The zero-order valence-corrected chi connectivity index (χ0v) is 17.9. The Bertz CT molecular complexity index is 1440. The van der Waals surface area contributed by atoms with Gasteiger partial charge in [0.05, 0.1) is 5.52 Å². The van der Waals surface area contributed by atoms with Gasteiger partial charge in [-0.05, 0) is 42.8 Å². The van der Waals surface area contributed by atoms with Crippen molar-refractivity contribution in [3.63, 3.8) is 0 Å². The van der Waals surface area contributed by atoms with Crippen molar-refractivity contribution < 1.29 is 9.53 Å². The van der Waals surface area contributed by atoms with Crippen LogP contribution in [0, 0.1) is 0 Å². The third-order valence-corrected chi connectivity index (χ3v) is 5.23. The quantitative estimate of drug-likeness (QED) is 0.324. The van der Waals surface area contributed by atoms with Crippen LogP contribution in [-0.4, -0.2) is 25.9 Å². The van der Waals surface area contributed by atoms with E-state index >= 15 is 0 Å². The molecule has 5 rings (SSSR count). The second-order valence-electron chi connectivity index (χ2n) is 7.52. The van der Waals surface area contributed by atoms with E-state index in [-0.39, 0.29) is 5.78 Å². The molecule has 6 nitrogen and oxygen atoms in total. The molecule has 0 spiro atoms. The highest BCUT2D eigenvalue weighted by molar-refractivity contribution is 6.06. The number of hydrogen-bond donors (Lipinski definition) is 1. The number of carbonyl (C=O) groups is 1. The molecule has 0 saturated carbocycles. The van der Waals surface area contributed by atoms with E-state index in [1.807, 2.05) is 84.9 Å². The molecule has 0 radical (unpaired) electrons.